The van der Waals surface area contributed by atoms with Crippen LogP contribution in [-0.2, 0) is 4.74 Å². The van der Waals surface area contributed by atoms with Crippen molar-refractivity contribution < 1.29 is 4.74 Å². The molecule has 1 rings (SSSR count). The summed E-state index contributed by atoms with van der Waals surface area (Å²) in [5.74, 6) is 2.06. The molecule has 14 heavy (non-hydrogen) atoms. The third-order valence-corrected chi connectivity index (χ3v) is 4.32. The van der Waals surface area contributed by atoms with Gasteiger partial charge in [0, 0.05) is 30.6 Å². The van der Waals surface area contributed by atoms with Crippen LogP contribution in [0, 0.1) is 5.92 Å². The van der Waals surface area contributed by atoms with Gasteiger partial charge in [0.15, 0.2) is 0 Å². The van der Waals surface area contributed by atoms with Crippen LogP contribution in [0.1, 0.15) is 20.8 Å². The summed E-state index contributed by atoms with van der Waals surface area (Å²) in [7, 11) is 0. The average Bonchev–Trinajstić information content (AvgIpc) is 2.19. The van der Waals surface area contributed by atoms with Crippen LogP contribution < -0.4 is 0 Å². The number of thioether (sulfide) groups is 1. The van der Waals surface area contributed by atoms with E-state index in [1.54, 1.807) is 0 Å². The predicted molar refractivity (Wildman–Crippen MR) is 64.0 cm³/mol. The maximum absolute atomic E-state index is 5.32. The van der Waals surface area contributed by atoms with E-state index in [2.05, 4.69) is 37.4 Å². The fourth-order valence-electron chi connectivity index (χ4n) is 1.38. The molecule has 0 radical (unpaired) electrons. The van der Waals surface area contributed by atoms with Gasteiger partial charge in [-0.1, -0.05) is 20.8 Å². The fourth-order valence-corrected chi connectivity index (χ4v) is 2.51. The van der Waals surface area contributed by atoms with Gasteiger partial charge >= 0.3 is 0 Å². The fraction of sp³-hybridized carbons (Fsp3) is 1.00. The first-order valence-electron chi connectivity index (χ1n) is 5.62. The molecule has 0 aliphatic carbocycles. The third kappa shape index (κ3) is 4.67. The van der Waals surface area contributed by atoms with E-state index in [4.69, 9.17) is 4.74 Å². The van der Waals surface area contributed by atoms with E-state index >= 15 is 0 Å². The smallest absolute Gasteiger partial charge is 0.0594 e. The van der Waals surface area contributed by atoms with Gasteiger partial charge < -0.3 is 4.74 Å². The highest BCUT2D eigenvalue weighted by molar-refractivity contribution is 7.99. The van der Waals surface area contributed by atoms with Gasteiger partial charge in [0.05, 0.1) is 13.2 Å². The molecule has 0 saturated carbocycles. The van der Waals surface area contributed by atoms with Gasteiger partial charge in [0.25, 0.3) is 0 Å². The molecule has 0 N–H and O–H groups in total. The van der Waals surface area contributed by atoms with E-state index in [1.165, 1.54) is 12.3 Å². The molecule has 0 aromatic rings. The van der Waals surface area contributed by atoms with E-state index in [1.807, 2.05) is 0 Å². The van der Waals surface area contributed by atoms with Crippen LogP contribution in [0.15, 0.2) is 0 Å². The summed E-state index contributed by atoms with van der Waals surface area (Å²) in [6, 6.07) is 0. The number of nitrogens with zero attached hydrogens (tertiary/aromatic N) is 1. The minimum atomic E-state index is 0.788. The highest BCUT2D eigenvalue weighted by Crippen LogP contribution is 2.18. The van der Waals surface area contributed by atoms with Crippen molar-refractivity contribution in [3.8, 4) is 0 Å². The van der Waals surface area contributed by atoms with Crippen molar-refractivity contribution in [3.63, 3.8) is 0 Å². The minimum absolute atomic E-state index is 0.788. The van der Waals surface area contributed by atoms with Crippen LogP contribution in [0.3, 0.4) is 0 Å². The summed E-state index contributed by atoms with van der Waals surface area (Å²) < 4.78 is 5.32. The standard InChI is InChI=1S/C11H23NOS/c1-10(2)11(3)14-9-6-12-4-7-13-8-5-12/h10-11H,4-9H2,1-3H3. The monoisotopic (exact) mass is 217 g/mol. The Morgan fingerprint density at radius 2 is 1.86 bits per heavy atom. The molecule has 1 heterocycles. The quantitative estimate of drug-likeness (QED) is 0.700. The Bertz CT molecular complexity index is 146. The van der Waals surface area contributed by atoms with Crippen LogP contribution in [0.2, 0.25) is 0 Å². The minimum Gasteiger partial charge on any atom is -0.379 e. The number of hydrogen-bond donors (Lipinski definition) is 0. The van der Waals surface area contributed by atoms with Gasteiger partial charge in [-0.25, -0.2) is 0 Å². The summed E-state index contributed by atoms with van der Waals surface area (Å²) >= 11 is 2.10. The Balaban J connectivity index is 2.02. The van der Waals surface area contributed by atoms with E-state index < -0.39 is 0 Å². The molecule has 0 amide bonds. The Hall–Kier alpha value is 0.270. The second-order valence-electron chi connectivity index (χ2n) is 4.27. The van der Waals surface area contributed by atoms with Gasteiger partial charge in [-0.2, -0.15) is 11.8 Å². The van der Waals surface area contributed by atoms with Crippen LogP contribution >= 0.6 is 11.8 Å². The Morgan fingerprint density at radius 3 is 2.43 bits per heavy atom. The third-order valence-electron chi connectivity index (χ3n) is 2.83. The largest absolute Gasteiger partial charge is 0.379 e. The molecule has 0 aromatic carbocycles. The van der Waals surface area contributed by atoms with Gasteiger partial charge in [0.2, 0.25) is 0 Å². The summed E-state index contributed by atoms with van der Waals surface area (Å²) in [4.78, 5) is 2.50. The number of hydrogen-bond acceptors (Lipinski definition) is 3. The zero-order valence-electron chi connectivity index (χ0n) is 9.66. The molecule has 1 saturated heterocycles. The Kier molecular flexibility index (Phi) is 5.90. The number of morpholine rings is 1. The van der Waals surface area contributed by atoms with E-state index in [9.17, 15) is 0 Å². The van der Waals surface area contributed by atoms with E-state index in [0.717, 1.165) is 37.5 Å². The first-order chi connectivity index (χ1) is 6.70. The first-order valence-corrected chi connectivity index (χ1v) is 6.66. The molecule has 84 valence electrons. The Labute approximate surface area is 92.4 Å². The van der Waals surface area contributed by atoms with Crippen LogP contribution in [0.5, 0.6) is 0 Å². The normalized spacial score (nSPS) is 21.4. The van der Waals surface area contributed by atoms with Crippen LogP contribution in [0.25, 0.3) is 0 Å². The maximum atomic E-state index is 5.32. The average molecular weight is 217 g/mol. The van der Waals surface area contributed by atoms with E-state index in [0.29, 0.717) is 0 Å². The van der Waals surface area contributed by atoms with Crippen molar-refractivity contribution >= 4 is 11.8 Å². The highest BCUT2D eigenvalue weighted by Gasteiger charge is 2.11. The molecule has 1 aliphatic heterocycles. The molecule has 0 spiro atoms. The molecule has 1 aliphatic rings. The van der Waals surface area contributed by atoms with Crippen molar-refractivity contribution in [2.24, 2.45) is 5.92 Å². The van der Waals surface area contributed by atoms with Gasteiger partial charge in [-0.05, 0) is 5.92 Å². The number of ether oxygens (including phenoxy) is 1. The molecule has 2 nitrogen and oxygen atoms in total. The summed E-state index contributed by atoms with van der Waals surface area (Å²) in [5, 5.41) is 0.788. The zero-order valence-corrected chi connectivity index (χ0v) is 10.5. The van der Waals surface area contributed by atoms with Crippen molar-refractivity contribution in [1.82, 2.24) is 4.90 Å². The molecule has 3 heteroatoms. The highest BCUT2D eigenvalue weighted by atomic mass is 32.2. The molecule has 1 atom stereocenters. The van der Waals surface area contributed by atoms with Crippen molar-refractivity contribution in [2.45, 2.75) is 26.0 Å². The maximum Gasteiger partial charge on any atom is 0.0594 e. The second-order valence-corrected chi connectivity index (χ2v) is 5.76. The second kappa shape index (κ2) is 6.70. The topological polar surface area (TPSA) is 12.5 Å². The molecule has 0 bridgehead atoms. The van der Waals surface area contributed by atoms with Crippen LogP contribution in [0.4, 0.5) is 0 Å². The van der Waals surface area contributed by atoms with Gasteiger partial charge in [-0.15, -0.1) is 0 Å². The Morgan fingerprint density at radius 1 is 1.21 bits per heavy atom. The van der Waals surface area contributed by atoms with Crippen molar-refractivity contribution in [1.29, 1.82) is 0 Å². The molecule has 0 aromatic heterocycles. The predicted octanol–water partition coefficient (Wildman–Crippen LogP) is 2.10. The first kappa shape index (κ1) is 12.3. The lowest BCUT2D eigenvalue weighted by Gasteiger charge is -2.27. The lowest BCUT2D eigenvalue weighted by molar-refractivity contribution is 0.0410. The lowest BCUT2D eigenvalue weighted by atomic mass is 10.2. The van der Waals surface area contributed by atoms with Crippen molar-refractivity contribution in [3.05, 3.63) is 0 Å². The summed E-state index contributed by atoms with van der Waals surface area (Å²) in [5.41, 5.74) is 0. The molecule has 1 unspecified atom stereocenters. The summed E-state index contributed by atoms with van der Waals surface area (Å²) in [6.07, 6.45) is 0. The van der Waals surface area contributed by atoms with Crippen molar-refractivity contribution in [2.75, 3.05) is 38.6 Å². The molecular formula is C11H23NOS. The van der Waals surface area contributed by atoms with Gasteiger partial charge in [-0.3, -0.25) is 4.90 Å². The van der Waals surface area contributed by atoms with Crippen LogP contribution in [-0.4, -0.2) is 48.8 Å². The zero-order chi connectivity index (χ0) is 10.4. The van der Waals surface area contributed by atoms with Gasteiger partial charge in [0.1, 0.15) is 0 Å². The SMILES string of the molecule is CC(C)C(C)SCCN1CCOCC1. The number of rotatable bonds is 5. The summed E-state index contributed by atoms with van der Waals surface area (Å²) in [6.45, 7) is 12.2. The molecule has 1 fully saturated rings. The molecular weight excluding hydrogens is 194 g/mol. The lowest BCUT2D eigenvalue weighted by Crippen LogP contribution is -2.37. The van der Waals surface area contributed by atoms with E-state index in [-0.39, 0.29) is 0 Å².